The zero-order valence-corrected chi connectivity index (χ0v) is 17.7. The van der Waals surface area contributed by atoms with Crippen LogP contribution in [0.15, 0.2) is 40.2 Å². The average Bonchev–Trinajstić information content (AvgIpc) is 3.31. The first kappa shape index (κ1) is 19.7. The van der Waals surface area contributed by atoms with Crippen LogP contribution in [0.1, 0.15) is 35.1 Å². The zero-order valence-electron chi connectivity index (χ0n) is 16.9. The van der Waals surface area contributed by atoms with E-state index in [1.54, 1.807) is 6.08 Å². The number of halogens is 1. The lowest BCUT2D eigenvalue weighted by Gasteiger charge is -2.19. The van der Waals surface area contributed by atoms with Crippen LogP contribution in [0.2, 0.25) is 0 Å². The Bertz CT molecular complexity index is 1040. The monoisotopic (exact) mass is 409 g/mol. The molecule has 0 bridgehead atoms. The summed E-state index contributed by atoms with van der Waals surface area (Å²) < 4.78 is 14.7. The number of amidine groups is 1. The van der Waals surface area contributed by atoms with E-state index in [2.05, 4.69) is 22.1 Å². The number of carbonyl (C=O) groups is 1. The number of aryl methyl sites for hydroxylation is 3. The number of rotatable bonds is 3. The number of nitrogens with zero attached hydrogens (tertiary/aromatic N) is 2. The maximum atomic E-state index is 14.7. The largest absolute Gasteiger partial charge is 0.369 e. The molecule has 0 saturated carbocycles. The van der Waals surface area contributed by atoms with Crippen LogP contribution in [-0.2, 0) is 4.79 Å². The molecule has 29 heavy (non-hydrogen) atoms. The van der Waals surface area contributed by atoms with Gasteiger partial charge in [-0.1, -0.05) is 6.07 Å². The molecular formula is C23H24FN3OS. The smallest absolute Gasteiger partial charge is 0.264 e. The molecule has 0 aromatic heterocycles. The summed E-state index contributed by atoms with van der Waals surface area (Å²) in [5.41, 5.74) is 5.48. The SMILES string of the molecule is Cc1ccc(N=C2NC(=O)/C(=C/c3cc(F)c(N4CCCC4)cc3C)S2)cc1C. The molecule has 2 fully saturated rings. The molecule has 0 radical (unpaired) electrons. The topological polar surface area (TPSA) is 44.7 Å². The molecule has 1 N–H and O–H groups in total. The van der Waals surface area contributed by atoms with Crippen LogP contribution in [0.5, 0.6) is 0 Å². The van der Waals surface area contributed by atoms with Gasteiger partial charge >= 0.3 is 0 Å². The molecule has 0 aliphatic carbocycles. The first-order valence-corrected chi connectivity index (χ1v) is 10.6. The Kier molecular flexibility index (Phi) is 5.46. The van der Waals surface area contributed by atoms with Crippen molar-refractivity contribution in [1.82, 2.24) is 5.32 Å². The lowest BCUT2D eigenvalue weighted by Crippen LogP contribution is -2.19. The first-order chi connectivity index (χ1) is 13.9. The molecule has 1 amide bonds. The molecule has 4 nitrogen and oxygen atoms in total. The molecular weight excluding hydrogens is 385 g/mol. The molecule has 0 unspecified atom stereocenters. The number of thioether (sulfide) groups is 1. The number of anilines is 1. The summed E-state index contributed by atoms with van der Waals surface area (Å²) in [7, 11) is 0. The summed E-state index contributed by atoms with van der Waals surface area (Å²) in [6.07, 6.45) is 3.95. The van der Waals surface area contributed by atoms with Gasteiger partial charge < -0.3 is 10.2 Å². The van der Waals surface area contributed by atoms with Crippen molar-refractivity contribution in [3.05, 3.63) is 63.3 Å². The summed E-state index contributed by atoms with van der Waals surface area (Å²) in [6, 6.07) is 9.35. The van der Waals surface area contributed by atoms with Gasteiger partial charge in [0.2, 0.25) is 0 Å². The quantitative estimate of drug-likeness (QED) is 0.705. The fourth-order valence-corrected chi connectivity index (χ4v) is 4.40. The summed E-state index contributed by atoms with van der Waals surface area (Å²) in [5.74, 6) is -0.446. The number of benzene rings is 2. The zero-order chi connectivity index (χ0) is 20.5. The van der Waals surface area contributed by atoms with Gasteiger partial charge in [0.05, 0.1) is 16.3 Å². The average molecular weight is 410 g/mol. The van der Waals surface area contributed by atoms with Crippen LogP contribution in [0.3, 0.4) is 0 Å². The number of nitrogens with one attached hydrogen (secondary N) is 1. The molecule has 2 aliphatic rings. The molecule has 150 valence electrons. The van der Waals surface area contributed by atoms with Crippen molar-refractivity contribution in [2.45, 2.75) is 33.6 Å². The van der Waals surface area contributed by atoms with Gasteiger partial charge in [0.25, 0.3) is 5.91 Å². The maximum absolute atomic E-state index is 14.7. The third kappa shape index (κ3) is 4.22. The Hall–Kier alpha value is -2.60. The second kappa shape index (κ2) is 8.03. The van der Waals surface area contributed by atoms with E-state index in [9.17, 15) is 9.18 Å². The summed E-state index contributed by atoms with van der Waals surface area (Å²) in [5, 5.41) is 3.34. The summed E-state index contributed by atoms with van der Waals surface area (Å²) >= 11 is 1.28. The molecule has 6 heteroatoms. The Labute approximate surface area is 174 Å². The number of aliphatic imine (C=N–C) groups is 1. The molecule has 2 aliphatic heterocycles. The lowest BCUT2D eigenvalue weighted by atomic mass is 10.1. The van der Waals surface area contributed by atoms with E-state index in [0.29, 0.717) is 15.8 Å². The van der Waals surface area contributed by atoms with Crippen molar-refractivity contribution in [1.29, 1.82) is 0 Å². The number of amides is 1. The fraction of sp³-hybridized carbons (Fsp3) is 0.304. The van der Waals surface area contributed by atoms with Gasteiger partial charge in [-0.15, -0.1) is 0 Å². The second-order valence-corrected chi connectivity index (χ2v) is 8.64. The fourth-order valence-electron chi connectivity index (χ4n) is 3.57. The summed E-state index contributed by atoms with van der Waals surface area (Å²) in [6.45, 7) is 7.83. The van der Waals surface area contributed by atoms with E-state index in [1.165, 1.54) is 23.4 Å². The van der Waals surface area contributed by atoms with Crippen molar-refractivity contribution in [2.75, 3.05) is 18.0 Å². The first-order valence-electron chi connectivity index (χ1n) is 9.82. The minimum atomic E-state index is -0.239. The predicted molar refractivity (Wildman–Crippen MR) is 119 cm³/mol. The van der Waals surface area contributed by atoms with Crippen LogP contribution in [0, 0.1) is 26.6 Å². The van der Waals surface area contributed by atoms with E-state index in [-0.39, 0.29) is 11.7 Å². The van der Waals surface area contributed by atoms with Crippen LogP contribution >= 0.6 is 11.8 Å². The molecule has 2 aromatic carbocycles. The number of hydrogen-bond acceptors (Lipinski definition) is 4. The second-order valence-electron chi connectivity index (χ2n) is 7.60. The highest BCUT2D eigenvalue weighted by molar-refractivity contribution is 8.18. The van der Waals surface area contributed by atoms with Crippen molar-refractivity contribution < 1.29 is 9.18 Å². The Balaban J connectivity index is 1.58. The Morgan fingerprint density at radius 2 is 1.83 bits per heavy atom. The molecule has 2 heterocycles. The van der Waals surface area contributed by atoms with E-state index < -0.39 is 0 Å². The van der Waals surface area contributed by atoms with E-state index in [0.717, 1.165) is 48.3 Å². The van der Waals surface area contributed by atoms with Crippen LogP contribution in [-0.4, -0.2) is 24.2 Å². The third-order valence-corrected chi connectivity index (χ3v) is 6.35. The van der Waals surface area contributed by atoms with Gasteiger partial charge in [-0.25, -0.2) is 9.38 Å². The van der Waals surface area contributed by atoms with Crippen LogP contribution < -0.4 is 10.2 Å². The van der Waals surface area contributed by atoms with E-state index in [4.69, 9.17) is 0 Å². The van der Waals surface area contributed by atoms with Crippen molar-refractivity contribution in [3.63, 3.8) is 0 Å². The normalized spacial score (nSPS) is 19.4. The van der Waals surface area contributed by atoms with Gasteiger partial charge in [0.1, 0.15) is 5.82 Å². The molecule has 2 aromatic rings. The van der Waals surface area contributed by atoms with Gasteiger partial charge in [0.15, 0.2) is 5.17 Å². The van der Waals surface area contributed by atoms with E-state index >= 15 is 0 Å². The molecule has 0 atom stereocenters. The maximum Gasteiger partial charge on any atom is 0.264 e. The highest BCUT2D eigenvalue weighted by Crippen LogP contribution is 2.32. The molecule has 0 spiro atoms. The van der Waals surface area contributed by atoms with Crippen molar-refractivity contribution >= 4 is 40.3 Å². The Morgan fingerprint density at radius 1 is 1.07 bits per heavy atom. The highest BCUT2D eigenvalue weighted by Gasteiger charge is 2.25. The van der Waals surface area contributed by atoms with Crippen LogP contribution in [0.4, 0.5) is 15.8 Å². The minimum Gasteiger partial charge on any atom is -0.369 e. The van der Waals surface area contributed by atoms with Gasteiger partial charge in [-0.05, 0) is 98.0 Å². The van der Waals surface area contributed by atoms with E-state index in [1.807, 2.05) is 38.1 Å². The molecule has 4 rings (SSSR count). The number of hydrogen-bond donors (Lipinski definition) is 1. The highest BCUT2D eigenvalue weighted by atomic mass is 32.2. The predicted octanol–water partition coefficient (Wildman–Crippen LogP) is 5.24. The minimum absolute atomic E-state index is 0.207. The van der Waals surface area contributed by atoms with Crippen molar-refractivity contribution in [3.8, 4) is 0 Å². The standard InChI is InChI=1S/C23H24FN3OS/c1-14-6-7-18(10-15(14)2)25-23-26-22(28)21(29-23)13-17-12-19(24)20(11-16(17)3)27-8-4-5-9-27/h6-7,10-13H,4-5,8-9H2,1-3H3,(H,25,26,28)/b21-13-. The van der Waals surface area contributed by atoms with Crippen molar-refractivity contribution in [2.24, 2.45) is 4.99 Å². The van der Waals surface area contributed by atoms with Gasteiger partial charge in [0, 0.05) is 13.1 Å². The summed E-state index contributed by atoms with van der Waals surface area (Å²) in [4.78, 5) is 19.5. The van der Waals surface area contributed by atoms with Crippen LogP contribution in [0.25, 0.3) is 6.08 Å². The van der Waals surface area contributed by atoms with Gasteiger partial charge in [-0.3, -0.25) is 4.79 Å². The number of carbonyl (C=O) groups excluding carboxylic acids is 1. The van der Waals surface area contributed by atoms with Gasteiger partial charge in [-0.2, -0.15) is 0 Å². The lowest BCUT2D eigenvalue weighted by molar-refractivity contribution is -0.115. The third-order valence-electron chi connectivity index (χ3n) is 5.44. The Morgan fingerprint density at radius 3 is 2.55 bits per heavy atom. The molecule has 2 saturated heterocycles.